The summed E-state index contributed by atoms with van der Waals surface area (Å²) in [6, 6.07) is 15.3. The molecule has 0 N–H and O–H groups in total. The minimum absolute atomic E-state index is 0.00375. The minimum atomic E-state index is -0.839. The van der Waals surface area contributed by atoms with Gasteiger partial charge in [0, 0.05) is 6.07 Å². The Labute approximate surface area is 173 Å². The van der Waals surface area contributed by atoms with Crippen LogP contribution in [0.25, 0.3) is 21.0 Å². The molecule has 0 fully saturated rings. The first kappa shape index (κ1) is 19.9. The fourth-order valence-corrected chi connectivity index (χ4v) is 4.31. The lowest BCUT2D eigenvalue weighted by Gasteiger charge is -2.05. The molecule has 0 unspecified atom stereocenters. The van der Waals surface area contributed by atoms with Crippen LogP contribution in [-0.4, -0.2) is 23.6 Å². The summed E-state index contributed by atoms with van der Waals surface area (Å²) in [4.78, 5) is 28.6. The van der Waals surface area contributed by atoms with Gasteiger partial charge in [0.2, 0.25) is 0 Å². The third-order valence-corrected chi connectivity index (χ3v) is 5.63. The van der Waals surface area contributed by atoms with Gasteiger partial charge in [-0.2, -0.15) is 4.99 Å². The first-order valence-electron chi connectivity index (χ1n) is 9.05. The number of hydrogen-bond donors (Lipinski definition) is 0. The van der Waals surface area contributed by atoms with E-state index in [1.165, 1.54) is 11.7 Å². The third kappa shape index (κ3) is 3.99. The fourth-order valence-electron chi connectivity index (χ4n) is 3.22. The average Bonchev–Trinajstić information content (AvgIpc) is 3.04. The number of amides is 1. The van der Waals surface area contributed by atoms with Crippen LogP contribution in [0.1, 0.15) is 5.56 Å². The van der Waals surface area contributed by atoms with Crippen LogP contribution in [0.3, 0.4) is 0 Å². The van der Waals surface area contributed by atoms with Crippen molar-refractivity contribution in [1.29, 1.82) is 0 Å². The van der Waals surface area contributed by atoms with E-state index in [0.717, 1.165) is 39.8 Å². The number of hydrogen-bond acceptors (Lipinski definition) is 4. The predicted octanol–water partition coefficient (Wildman–Crippen LogP) is 3.98. The standard InChI is InChI=1S/C22H16F2N2O3S/c1-29-20(28)12-26-21-17(24)10-16(23)11-18(21)30-22(26)25-19(27)9-13-6-7-14-4-2-3-5-15(14)8-13/h2-8,10-11H,9,12H2,1H3. The van der Waals surface area contributed by atoms with E-state index in [4.69, 9.17) is 0 Å². The van der Waals surface area contributed by atoms with Gasteiger partial charge < -0.3 is 9.30 Å². The Morgan fingerprint density at radius 3 is 2.60 bits per heavy atom. The van der Waals surface area contributed by atoms with Crippen LogP contribution in [0.4, 0.5) is 8.78 Å². The van der Waals surface area contributed by atoms with Gasteiger partial charge in [0.1, 0.15) is 12.4 Å². The molecule has 1 aromatic heterocycles. The summed E-state index contributed by atoms with van der Waals surface area (Å²) in [6.45, 7) is -0.346. The Bertz CT molecular complexity index is 1360. The van der Waals surface area contributed by atoms with E-state index in [1.54, 1.807) is 0 Å². The maximum Gasteiger partial charge on any atom is 0.325 e. The highest BCUT2D eigenvalue weighted by atomic mass is 32.1. The first-order valence-corrected chi connectivity index (χ1v) is 9.86. The minimum Gasteiger partial charge on any atom is -0.468 e. The second-order valence-corrected chi connectivity index (χ2v) is 7.65. The number of thiazole rings is 1. The number of halogens is 2. The fraction of sp³-hybridized carbons (Fsp3) is 0.136. The van der Waals surface area contributed by atoms with E-state index in [1.807, 2.05) is 42.5 Å². The van der Waals surface area contributed by atoms with Crippen molar-refractivity contribution in [1.82, 2.24) is 4.57 Å². The molecule has 152 valence electrons. The van der Waals surface area contributed by atoms with Crippen molar-refractivity contribution in [3.8, 4) is 0 Å². The molecule has 0 aliphatic heterocycles. The molecule has 8 heteroatoms. The highest BCUT2D eigenvalue weighted by Crippen LogP contribution is 2.22. The van der Waals surface area contributed by atoms with Crippen molar-refractivity contribution < 1.29 is 23.1 Å². The molecule has 0 aliphatic carbocycles. The lowest BCUT2D eigenvalue weighted by Crippen LogP contribution is -2.23. The number of ether oxygens (including phenoxy) is 1. The summed E-state index contributed by atoms with van der Waals surface area (Å²) in [7, 11) is 1.20. The van der Waals surface area contributed by atoms with Crippen LogP contribution < -0.4 is 4.80 Å². The number of carbonyl (C=O) groups is 2. The van der Waals surface area contributed by atoms with Gasteiger partial charge in [-0.15, -0.1) is 0 Å². The third-order valence-electron chi connectivity index (χ3n) is 4.60. The van der Waals surface area contributed by atoms with Crippen molar-refractivity contribution in [3.05, 3.63) is 76.6 Å². The van der Waals surface area contributed by atoms with E-state index in [0.29, 0.717) is 0 Å². The summed E-state index contributed by atoms with van der Waals surface area (Å²) in [5.41, 5.74) is 0.782. The van der Waals surface area contributed by atoms with Crippen LogP contribution in [-0.2, 0) is 27.3 Å². The van der Waals surface area contributed by atoms with Crippen molar-refractivity contribution in [3.63, 3.8) is 0 Å². The summed E-state index contributed by atoms with van der Waals surface area (Å²) in [5.74, 6) is -2.69. The highest BCUT2D eigenvalue weighted by molar-refractivity contribution is 7.16. The number of nitrogens with zero attached hydrogens (tertiary/aromatic N) is 2. The molecule has 30 heavy (non-hydrogen) atoms. The zero-order valence-electron chi connectivity index (χ0n) is 15.9. The smallest absolute Gasteiger partial charge is 0.325 e. The number of carbonyl (C=O) groups excluding carboxylic acids is 2. The van der Waals surface area contributed by atoms with Crippen LogP contribution in [0.15, 0.2) is 59.6 Å². The van der Waals surface area contributed by atoms with Crippen LogP contribution >= 0.6 is 11.3 Å². The molecule has 0 bridgehead atoms. The summed E-state index contributed by atoms with van der Waals surface area (Å²) >= 11 is 0.934. The van der Waals surface area contributed by atoms with Crippen molar-refractivity contribution in [2.75, 3.05) is 7.11 Å². The second-order valence-electron chi connectivity index (χ2n) is 6.65. The van der Waals surface area contributed by atoms with Gasteiger partial charge in [-0.3, -0.25) is 9.59 Å². The number of aromatic nitrogens is 1. The Balaban J connectivity index is 1.74. The number of methoxy groups -OCH3 is 1. The molecule has 0 saturated carbocycles. The summed E-state index contributed by atoms with van der Waals surface area (Å²) in [5, 5.41) is 2.06. The van der Waals surface area contributed by atoms with Crippen molar-refractivity contribution >= 4 is 44.2 Å². The van der Waals surface area contributed by atoms with E-state index < -0.39 is 23.5 Å². The van der Waals surface area contributed by atoms with Gasteiger partial charge in [0.15, 0.2) is 10.6 Å². The van der Waals surface area contributed by atoms with Gasteiger partial charge in [0.05, 0.1) is 23.7 Å². The lowest BCUT2D eigenvalue weighted by atomic mass is 10.1. The highest BCUT2D eigenvalue weighted by Gasteiger charge is 2.16. The molecule has 0 radical (unpaired) electrons. The van der Waals surface area contributed by atoms with Gasteiger partial charge >= 0.3 is 5.97 Å². The Morgan fingerprint density at radius 1 is 1.07 bits per heavy atom. The summed E-state index contributed by atoms with van der Waals surface area (Å²) < 4.78 is 34.1. The largest absolute Gasteiger partial charge is 0.468 e. The monoisotopic (exact) mass is 426 g/mol. The maximum absolute atomic E-state index is 14.4. The molecule has 1 amide bonds. The first-order chi connectivity index (χ1) is 14.4. The van der Waals surface area contributed by atoms with Gasteiger partial charge in [-0.05, 0) is 22.4 Å². The van der Waals surface area contributed by atoms with Crippen molar-refractivity contribution in [2.24, 2.45) is 4.99 Å². The molecule has 0 atom stereocenters. The molecule has 0 aliphatic rings. The topological polar surface area (TPSA) is 60.7 Å². The molecular formula is C22H16F2N2O3S. The predicted molar refractivity (Wildman–Crippen MR) is 110 cm³/mol. The Kier molecular flexibility index (Phi) is 5.41. The van der Waals surface area contributed by atoms with Gasteiger partial charge in [0.25, 0.3) is 5.91 Å². The van der Waals surface area contributed by atoms with Crippen LogP contribution in [0.5, 0.6) is 0 Å². The average molecular weight is 426 g/mol. The molecular weight excluding hydrogens is 410 g/mol. The molecule has 0 spiro atoms. The number of esters is 1. The Morgan fingerprint density at radius 2 is 1.83 bits per heavy atom. The SMILES string of the molecule is COC(=O)Cn1c(=NC(=O)Cc2ccc3ccccc3c2)sc2cc(F)cc(F)c21. The van der Waals surface area contributed by atoms with Crippen LogP contribution in [0.2, 0.25) is 0 Å². The van der Waals surface area contributed by atoms with E-state index in [9.17, 15) is 18.4 Å². The summed E-state index contributed by atoms with van der Waals surface area (Å²) in [6.07, 6.45) is 0.0359. The number of rotatable bonds is 4. The molecule has 0 saturated heterocycles. The Hall–Kier alpha value is -3.39. The zero-order valence-corrected chi connectivity index (χ0v) is 16.7. The second kappa shape index (κ2) is 8.16. The van der Waals surface area contributed by atoms with Crippen LogP contribution in [0, 0.1) is 11.6 Å². The van der Waals surface area contributed by atoms with Gasteiger partial charge in [-0.25, -0.2) is 8.78 Å². The van der Waals surface area contributed by atoms with Gasteiger partial charge in [-0.1, -0.05) is 53.8 Å². The van der Waals surface area contributed by atoms with E-state index in [-0.39, 0.29) is 28.0 Å². The number of benzene rings is 3. The van der Waals surface area contributed by atoms with Crippen molar-refractivity contribution in [2.45, 2.75) is 13.0 Å². The lowest BCUT2D eigenvalue weighted by molar-refractivity contribution is -0.141. The molecule has 3 aromatic carbocycles. The zero-order chi connectivity index (χ0) is 21.3. The van der Waals surface area contributed by atoms with E-state index in [2.05, 4.69) is 9.73 Å². The normalized spacial score (nSPS) is 11.9. The molecule has 4 aromatic rings. The number of fused-ring (bicyclic) bond motifs is 2. The maximum atomic E-state index is 14.4. The quantitative estimate of drug-likeness (QED) is 0.464. The molecule has 4 rings (SSSR count). The van der Waals surface area contributed by atoms with E-state index >= 15 is 0 Å². The molecule has 1 heterocycles. The molecule has 5 nitrogen and oxygen atoms in total.